The summed E-state index contributed by atoms with van der Waals surface area (Å²) in [5.41, 5.74) is 1.08. The van der Waals surface area contributed by atoms with E-state index in [-0.39, 0.29) is 17.9 Å². The Hall–Kier alpha value is -1.84. The molecule has 21 heavy (non-hydrogen) atoms. The lowest BCUT2D eigenvalue weighted by Gasteiger charge is -2.37. The van der Waals surface area contributed by atoms with Crippen molar-refractivity contribution in [3.8, 4) is 0 Å². The summed E-state index contributed by atoms with van der Waals surface area (Å²) in [4.78, 5) is 26.5. The van der Waals surface area contributed by atoms with E-state index in [4.69, 9.17) is 0 Å². The number of amides is 2. The van der Waals surface area contributed by atoms with Crippen molar-refractivity contribution in [2.24, 2.45) is 5.92 Å². The van der Waals surface area contributed by atoms with Gasteiger partial charge in [-0.1, -0.05) is 43.2 Å². The largest absolute Gasteiger partial charge is 0.342 e. The minimum absolute atomic E-state index is 0.0358. The molecule has 2 aliphatic rings. The Morgan fingerprint density at radius 1 is 1.19 bits per heavy atom. The highest BCUT2D eigenvalue weighted by atomic mass is 16.2. The van der Waals surface area contributed by atoms with Crippen molar-refractivity contribution in [3.05, 3.63) is 35.9 Å². The SMILES string of the molecule is CC1C(=O)NC(Cc2ccccc2)C(=O)N1CCC1CC1. The van der Waals surface area contributed by atoms with Gasteiger partial charge >= 0.3 is 0 Å². The third kappa shape index (κ3) is 3.26. The molecule has 1 saturated heterocycles. The van der Waals surface area contributed by atoms with Gasteiger partial charge in [-0.05, 0) is 24.8 Å². The smallest absolute Gasteiger partial charge is 0.246 e. The number of carbonyl (C=O) groups excluding carboxylic acids is 2. The molecule has 1 N–H and O–H groups in total. The highest BCUT2D eigenvalue weighted by molar-refractivity contribution is 5.96. The molecule has 1 saturated carbocycles. The van der Waals surface area contributed by atoms with Gasteiger partial charge in [0.15, 0.2) is 0 Å². The van der Waals surface area contributed by atoms with Crippen LogP contribution in [0.1, 0.15) is 31.7 Å². The highest BCUT2D eigenvalue weighted by Crippen LogP contribution is 2.32. The second kappa shape index (κ2) is 5.88. The molecule has 1 aromatic rings. The normalized spacial score (nSPS) is 25.9. The van der Waals surface area contributed by atoms with Crippen LogP contribution in [-0.4, -0.2) is 35.3 Å². The lowest BCUT2D eigenvalue weighted by Crippen LogP contribution is -2.63. The molecule has 2 atom stereocenters. The van der Waals surface area contributed by atoms with E-state index < -0.39 is 6.04 Å². The zero-order chi connectivity index (χ0) is 14.8. The molecule has 1 heterocycles. The van der Waals surface area contributed by atoms with Gasteiger partial charge in [0, 0.05) is 13.0 Å². The van der Waals surface area contributed by atoms with E-state index in [0.29, 0.717) is 13.0 Å². The van der Waals surface area contributed by atoms with E-state index in [1.165, 1.54) is 12.8 Å². The van der Waals surface area contributed by atoms with Crippen LogP contribution < -0.4 is 5.32 Å². The van der Waals surface area contributed by atoms with Gasteiger partial charge in [0.25, 0.3) is 0 Å². The summed E-state index contributed by atoms with van der Waals surface area (Å²) in [6.45, 7) is 2.53. The van der Waals surface area contributed by atoms with Gasteiger partial charge < -0.3 is 10.2 Å². The van der Waals surface area contributed by atoms with Crippen LogP contribution in [0, 0.1) is 5.92 Å². The maximum absolute atomic E-state index is 12.6. The number of rotatable bonds is 5. The monoisotopic (exact) mass is 286 g/mol. The number of nitrogens with zero attached hydrogens (tertiary/aromatic N) is 1. The van der Waals surface area contributed by atoms with Crippen molar-refractivity contribution in [2.45, 2.75) is 44.7 Å². The average Bonchev–Trinajstić information content (AvgIpc) is 3.30. The van der Waals surface area contributed by atoms with Crippen molar-refractivity contribution in [1.29, 1.82) is 0 Å². The molecule has 1 aromatic carbocycles. The van der Waals surface area contributed by atoms with Crippen LogP contribution in [0.25, 0.3) is 0 Å². The zero-order valence-electron chi connectivity index (χ0n) is 12.4. The number of benzene rings is 1. The van der Waals surface area contributed by atoms with Crippen molar-refractivity contribution >= 4 is 11.8 Å². The van der Waals surface area contributed by atoms with E-state index in [0.717, 1.165) is 17.9 Å². The van der Waals surface area contributed by atoms with Gasteiger partial charge in [0.1, 0.15) is 12.1 Å². The maximum atomic E-state index is 12.6. The van der Waals surface area contributed by atoms with Crippen LogP contribution >= 0.6 is 0 Å². The molecule has 0 aromatic heterocycles. The van der Waals surface area contributed by atoms with Crippen molar-refractivity contribution in [3.63, 3.8) is 0 Å². The van der Waals surface area contributed by atoms with Gasteiger partial charge in [-0.15, -0.1) is 0 Å². The van der Waals surface area contributed by atoms with Crippen molar-refractivity contribution < 1.29 is 9.59 Å². The van der Waals surface area contributed by atoms with Crippen LogP contribution in [0.4, 0.5) is 0 Å². The van der Waals surface area contributed by atoms with Gasteiger partial charge in [-0.3, -0.25) is 9.59 Å². The number of hydrogen-bond acceptors (Lipinski definition) is 2. The van der Waals surface area contributed by atoms with Crippen LogP contribution in [0.5, 0.6) is 0 Å². The predicted octanol–water partition coefficient (Wildman–Crippen LogP) is 1.74. The Labute approximate surface area is 125 Å². The highest BCUT2D eigenvalue weighted by Gasteiger charge is 2.38. The van der Waals surface area contributed by atoms with Crippen LogP contribution in [-0.2, 0) is 16.0 Å². The minimum atomic E-state index is -0.421. The lowest BCUT2D eigenvalue weighted by atomic mass is 10.0. The van der Waals surface area contributed by atoms with Crippen molar-refractivity contribution in [2.75, 3.05) is 6.54 Å². The van der Waals surface area contributed by atoms with Crippen LogP contribution in [0.3, 0.4) is 0 Å². The Bertz CT molecular complexity index is 525. The third-order valence-corrected chi connectivity index (χ3v) is 4.50. The minimum Gasteiger partial charge on any atom is -0.342 e. The standard InChI is InChI=1S/C17H22N2O2/c1-12-16(20)18-15(11-14-5-3-2-4-6-14)17(21)19(12)10-9-13-7-8-13/h2-6,12-13,15H,7-11H2,1H3,(H,18,20). The maximum Gasteiger partial charge on any atom is 0.246 e. The second-order valence-electron chi connectivity index (χ2n) is 6.19. The molecular weight excluding hydrogens is 264 g/mol. The fourth-order valence-electron chi connectivity index (χ4n) is 2.91. The molecule has 3 rings (SSSR count). The lowest BCUT2D eigenvalue weighted by molar-refractivity contribution is -0.148. The summed E-state index contributed by atoms with van der Waals surface area (Å²) in [5.74, 6) is 0.792. The number of nitrogens with one attached hydrogen (secondary N) is 1. The molecule has 112 valence electrons. The third-order valence-electron chi connectivity index (χ3n) is 4.50. The first-order chi connectivity index (χ1) is 10.1. The summed E-state index contributed by atoms with van der Waals surface area (Å²) in [5, 5.41) is 2.87. The topological polar surface area (TPSA) is 49.4 Å². The zero-order valence-corrected chi connectivity index (χ0v) is 12.4. The van der Waals surface area contributed by atoms with Crippen molar-refractivity contribution in [1.82, 2.24) is 10.2 Å². The predicted molar refractivity (Wildman–Crippen MR) is 80.6 cm³/mol. The molecule has 0 radical (unpaired) electrons. The molecule has 1 aliphatic heterocycles. The first-order valence-corrected chi connectivity index (χ1v) is 7.80. The fraction of sp³-hybridized carbons (Fsp3) is 0.529. The Morgan fingerprint density at radius 2 is 1.90 bits per heavy atom. The molecule has 4 heteroatoms. The van der Waals surface area contributed by atoms with Crippen LogP contribution in [0.2, 0.25) is 0 Å². The van der Waals surface area contributed by atoms with Gasteiger partial charge in [-0.25, -0.2) is 0 Å². The summed E-state index contributed by atoms with van der Waals surface area (Å²) >= 11 is 0. The molecule has 0 spiro atoms. The van der Waals surface area contributed by atoms with E-state index in [1.807, 2.05) is 37.3 Å². The summed E-state index contributed by atoms with van der Waals surface area (Å²) in [7, 11) is 0. The molecule has 2 fully saturated rings. The Kier molecular flexibility index (Phi) is 3.95. The average molecular weight is 286 g/mol. The fourth-order valence-corrected chi connectivity index (χ4v) is 2.91. The summed E-state index contributed by atoms with van der Waals surface area (Å²) < 4.78 is 0. The molecule has 2 amide bonds. The first kappa shape index (κ1) is 14.1. The van der Waals surface area contributed by atoms with E-state index in [9.17, 15) is 9.59 Å². The molecule has 2 unspecified atom stereocenters. The van der Waals surface area contributed by atoms with Gasteiger partial charge in [0.05, 0.1) is 0 Å². The molecule has 1 aliphatic carbocycles. The summed E-state index contributed by atoms with van der Waals surface area (Å²) in [6.07, 6.45) is 4.14. The van der Waals surface area contributed by atoms with Crippen LogP contribution in [0.15, 0.2) is 30.3 Å². The second-order valence-corrected chi connectivity index (χ2v) is 6.19. The number of piperazine rings is 1. The van der Waals surface area contributed by atoms with E-state index in [2.05, 4.69) is 5.32 Å². The summed E-state index contributed by atoms with van der Waals surface area (Å²) in [6, 6.07) is 9.08. The molecular formula is C17H22N2O2. The molecule has 0 bridgehead atoms. The van der Waals surface area contributed by atoms with E-state index >= 15 is 0 Å². The van der Waals surface area contributed by atoms with E-state index in [1.54, 1.807) is 4.90 Å². The van der Waals surface area contributed by atoms with Gasteiger partial charge in [-0.2, -0.15) is 0 Å². The first-order valence-electron chi connectivity index (χ1n) is 7.80. The Balaban J connectivity index is 1.68. The molecule has 4 nitrogen and oxygen atoms in total. The Morgan fingerprint density at radius 3 is 2.57 bits per heavy atom. The quantitative estimate of drug-likeness (QED) is 0.896. The number of hydrogen-bond donors (Lipinski definition) is 1. The number of carbonyl (C=O) groups is 2. The van der Waals surface area contributed by atoms with Gasteiger partial charge in [0.2, 0.25) is 11.8 Å².